The summed E-state index contributed by atoms with van der Waals surface area (Å²) in [7, 11) is 0. The van der Waals surface area contributed by atoms with E-state index in [0.717, 1.165) is 12.2 Å². The first-order valence-electron chi connectivity index (χ1n) is 5.26. The number of hydrogen-bond acceptors (Lipinski definition) is 2. The Morgan fingerprint density at radius 2 is 2.13 bits per heavy atom. The molecule has 80 valence electrons. The van der Waals surface area contributed by atoms with Gasteiger partial charge >= 0.3 is 0 Å². The van der Waals surface area contributed by atoms with Gasteiger partial charge in [-0.1, -0.05) is 30.3 Å². The zero-order valence-electron chi connectivity index (χ0n) is 9.14. The van der Waals surface area contributed by atoms with E-state index in [9.17, 15) is 0 Å². The minimum Gasteiger partial charge on any atom is -0.495 e. The van der Waals surface area contributed by atoms with Crippen LogP contribution in [0.1, 0.15) is 19.4 Å². The van der Waals surface area contributed by atoms with Crippen LogP contribution in [0.15, 0.2) is 36.6 Å². The molecule has 1 aromatic rings. The molecule has 15 heavy (non-hydrogen) atoms. The second-order valence-corrected chi connectivity index (χ2v) is 3.88. The van der Waals surface area contributed by atoms with Crippen molar-refractivity contribution in [1.82, 2.24) is 0 Å². The third-order valence-electron chi connectivity index (χ3n) is 2.57. The molecule has 2 atom stereocenters. The van der Waals surface area contributed by atoms with Gasteiger partial charge in [0.25, 0.3) is 0 Å². The standard InChI is InChI=1S/C13H16O2/c1-10(12-6-4-3-5-7-12)8-14-11(2)13-9-15-13/h3-8,11,13H,9H2,1-2H3/b10-8-. The lowest BCUT2D eigenvalue weighted by molar-refractivity contribution is 0.128. The highest BCUT2D eigenvalue weighted by atomic mass is 16.6. The van der Waals surface area contributed by atoms with E-state index in [1.807, 2.05) is 31.4 Å². The van der Waals surface area contributed by atoms with Crippen LogP contribution >= 0.6 is 0 Å². The van der Waals surface area contributed by atoms with Crippen molar-refractivity contribution in [2.45, 2.75) is 26.1 Å². The minimum absolute atomic E-state index is 0.156. The van der Waals surface area contributed by atoms with E-state index < -0.39 is 0 Å². The molecule has 0 spiro atoms. The molecule has 1 saturated heterocycles. The summed E-state index contributed by atoms with van der Waals surface area (Å²) >= 11 is 0. The van der Waals surface area contributed by atoms with Crippen LogP contribution in [0.4, 0.5) is 0 Å². The van der Waals surface area contributed by atoms with Crippen LogP contribution in [0.5, 0.6) is 0 Å². The zero-order valence-corrected chi connectivity index (χ0v) is 9.14. The minimum atomic E-state index is 0.156. The van der Waals surface area contributed by atoms with E-state index >= 15 is 0 Å². The van der Waals surface area contributed by atoms with Crippen molar-refractivity contribution in [3.05, 3.63) is 42.2 Å². The summed E-state index contributed by atoms with van der Waals surface area (Å²) in [5.74, 6) is 0. The van der Waals surface area contributed by atoms with E-state index in [4.69, 9.17) is 9.47 Å². The molecule has 2 heteroatoms. The van der Waals surface area contributed by atoms with Crippen LogP contribution in [0.3, 0.4) is 0 Å². The van der Waals surface area contributed by atoms with Crippen LogP contribution in [-0.2, 0) is 9.47 Å². The molecular formula is C13H16O2. The lowest BCUT2D eigenvalue weighted by Crippen LogP contribution is -2.11. The molecule has 0 saturated carbocycles. The SMILES string of the molecule is C/C(=C/OC(C)C1CO1)c1ccccc1. The highest BCUT2D eigenvalue weighted by molar-refractivity contribution is 5.62. The molecule has 2 nitrogen and oxygen atoms in total. The Bertz CT molecular complexity index is 339. The third-order valence-corrected chi connectivity index (χ3v) is 2.57. The van der Waals surface area contributed by atoms with Crippen molar-refractivity contribution >= 4 is 5.57 Å². The predicted octanol–water partition coefficient (Wildman–Crippen LogP) is 2.85. The molecule has 0 bridgehead atoms. The molecule has 0 aliphatic carbocycles. The molecule has 1 heterocycles. The summed E-state index contributed by atoms with van der Waals surface area (Å²) < 4.78 is 10.7. The van der Waals surface area contributed by atoms with Crippen molar-refractivity contribution in [3.8, 4) is 0 Å². The Labute approximate surface area is 90.5 Å². The monoisotopic (exact) mass is 204 g/mol. The van der Waals surface area contributed by atoms with Gasteiger partial charge in [0.1, 0.15) is 12.2 Å². The van der Waals surface area contributed by atoms with Gasteiger partial charge in [-0.2, -0.15) is 0 Å². The molecule has 2 rings (SSSR count). The lowest BCUT2D eigenvalue weighted by atomic mass is 10.1. The van der Waals surface area contributed by atoms with Crippen LogP contribution in [0, 0.1) is 0 Å². The van der Waals surface area contributed by atoms with Crippen molar-refractivity contribution in [2.24, 2.45) is 0 Å². The van der Waals surface area contributed by atoms with Gasteiger partial charge in [0, 0.05) is 0 Å². The van der Waals surface area contributed by atoms with E-state index in [0.29, 0.717) is 6.10 Å². The van der Waals surface area contributed by atoms with Gasteiger partial charge in [0.05, 0.1) is 12.9 Å². The Morgan fingerprint density at radius 1 is 1.47 bits per heavy atom. The van der Waals surface area contributed by atoms with Crippen LogP contribution in [0.25, 0.3) is 5.57 Å². The second-order valence-electron chi connectivity index (χ2n) is 3.88. The first-order chi connectivity index (χ1) is 7.27. The average molecular weight is 204 g/mol. The Morgan fingerprint density at radius 3 is 2.73 bits per heavy atom. The number of allylic oxidation sites excluding steroid dienone is 1. The van der Waals surface area contributed by atoms with E-state index in [2.05, 4.69) is 19.1 Å². The molecule has 1 aromatic carbocycles. The fourth-order valence-corrected chi connectivity index (χ4v) is 1.39. The topological polar surface area (TPSA) is 21.8 Å². The maximum Gasteiger partial charge on any atom is 0.123 e. The van der Waals surface area contributed by atoms with Gasteiger partial charge in [-0.25, -0.2) is 0 Å². The number of rotatable bonds is 4. The summed E-state index contributed by atoms with van der Waals surface area (Å²) in [5.41, 5.74) is 2.34. The van der Waals surface area contributed by atoms with Crippen molar-refractivity contribution < 1.29 is 9.47 Å². The van der Waals surface area contributed by atoms with Crippen LogP contribution < -0.4 is 0 Å². The lowest BCUT2D eigenvalue weighted by Gasteiger charge is -2.09. The summed E-state index contributed by atoms with van der Waals surface area (Å²) in [6, 6.07) is 10.2. The zero-order chi connectivity index (χ0) is 10.7. The molecule has 2 unspecified atom stereocenters. The maximum absolute atomic E-state index is 5.60. The second kappa shape index (κ2) is 4.49. The van der Waals surface area contributed by atoms with Crippen molar-refractivity contribution in [1.29, 1.82) is 0 Å². The van der Waals surface area contributed by atoms with Gasteiger partial charge in [-0.15, -0.1) is 0 Å². The van der Waals surface area contributed by atoms with Crippen molar-refractivity contribution in [3.63, 3.8) is 0 Å². The molecule has 1 fully saturated rings. The summed E-state index contributed by atoms with van der Waals surface area (Å²) in [4.78, 5) is 0. The molecule has 0 radical (unpaired) electrons. The first kappa shape index (κ1) is 10.2. The summed E-state index contributed by atoms with van der Waals surface area (Å²) in [6.07, 6.45) is 2.27. The van der Waals surface area contributed by atoms with Crippen molar-refractivity contribution in [2.75, 3.05) is 6.61 Å². The molecule has 0 amide bonds. The Kier molecular flexibility index (Phi) is 3.07. The maximum atomic E-state index is 5.60. The summed E-state index contributed by atoms with van der Waals surface area (Å²) in [5, 5.41) is 0. The quantitative estimate of drug-likeness (QED) is 0.555. The number of hydrogen-bond donors (Lipinski definition) is 0. The highest BCUT2D eigenvalue weighted by Gasteiger charge is 2.30. The van der Waals surface area contributed by atoms with Gasteiger partial charge in [0.2, 0.25) is 0 Å². The fraction of sp³-hybridized carbons (Fsp3) is 0.385. The molecule has 0 N–H and O–H groups in total. The number of benzene rings is 1. The summed E-state index contributed by atoms with van der Waals surface area (Å²) in [6.45, 7) is 4.92. The van der Waals surface area contributed by atoms with E-state index in [-0.39, 0.29) is 6.10 Å². The van der Waals surface area contributed by atoms with E-state index in [1.165, 1.54) is 5.56 Å². The largest absolute Gasteiger partial charge is 0.495 e. The Hall–Kier alpha value is -1.28. The molecule has 1 aliphatic rings. The molecular weight excluding hydrogens is 188 g/mol. The molecule has 1 aliphatic heterocycles. The number of ether oxygens (including phenoxy) is 2. The van der Waals surface area contributed by atoms with Gasteiger partial charge in [-0.05, 0) is 25.0 Å². The Balaban J connectivity index is 1.94. The first-order valence-corrected chi connectivity index (χ1v) is 5.26. The predicted molar refractivity (Wildman–Crippen MR) is 60.4 cm³/mol. The van der Waals surface area contributed by atoms with Gasteiger partial charge in [-0.3, -0.25) is 0 Å². The smallest absolute Gasteiger partial charge is 0.123 e. The fourth-order valence-electron chi connectivity index (χ4n) is 1.39. The average Bonchev–Trinajstić information content (AvgIpc) is 3.10. The van der Waals surface area contributed by atoms with Gasteiger partial charge in [0.15, 0.2) is 0 Å². The van der Waals surface area contributed by atoms with Gasteiger partial charge < -0.3 is 9.47 Å². The third kappa shape index (κ3) is 2.83. The van der Waals surface area contributed by atoms with Crippen LogP contribution in [0.2, 0.25) is 0 Å². The molecule has 0 aromatic heterocycles. The normalized spacial score (nSPS) is 22.3. The highest BCUT2D eigenvalue weighted by Crippen LogP contribution is 2.19. The van der Waals surface area contributed by atoms with Crippen LogP contribution in [-0.4, -0.2) is 18.8 Å². The number of epoxide rings is 1. The van der Waals surface area contributed by atoms with E-state index in [1.54, 1.807) is 0 Å².